The van der Waals surface area contributed by atoms with Gasteiger partial charge in [0.05, 0.1) is 5.69 Å². The number of rotatable bonds is 5. The number of aliphatic carboxylic acids is 1. The Bertz CT molecular complexity index is 491. The average molecular weight is 283 g/mol. The second-order valence-corrected chi connectivity index (χ2v) is 5.82. The summed E-state index contributed by atoms with van der Waals surface area (Å²) in [5, 5.41) is 12.8. The second kappa shape index (κ2) is 5.92. The number of hydrogen-bond donors (Lipinski definition) is 1. The molecular weight excluding hydrogens is 266 g/mol. The molecule has 0 saturated heterocycles. The van der Waals surface area contributed by atoms with Gasteiger partial charge in [0.1, 0.15) is 11.4 Å². The fourth-order valence-corrected chi connectivity index (χ4v) is 2.35. The fraction of sp³-hybridized carbons (Fsp3) is 0.500. The molecule has 104 valence electrons. The second-order valence-electron chi connectivity index (χ2n) is 5.07. The summed E-state index contributed by atoms with van der Waals surface area (Å²) in [7, 11) is 0. The lowest BCUT2D eigenvalue weighted by atomic mass is 9.91. The van der Waals surface area contributed by atoms with E-state index in [2.05, 4.69) is 16.2 Å². The molecule has 1 amide bonds. The number of amides is 1. The van der Waals surface area contributed by atoms with Gasteiger partial charge in [-0.05, 0) is 11.5 Å². The van der Waals surface area contributed by atoms with Crippen molar-refractivity contribution in [3.8, 4) is 0 Å². The Labute approximate surface area is 115 Å². The van der Waals surface area contributed by atoms with E-state index in [0.29, 0.717) is 10.6 Å². The van der Waals surface area contributed by atoms with Gasteiger partial charge in [-0.2, -0.15) is 0 Å². The summed E-state index contributed by atoms with van der Waals surface area (Å²) < 4.78 is 3.80. The molecule has 1 aromatic heterocycles. The number of carboxylic acids is 1. The number of carbonyl (C=O) groups is 2. The quantitative estimate of drug-likeness (QED) is 0.829. The molecule has 0 bridgehead atoms. The summed E-state index contributed by atoms with van der Waals surface area (Å²) in [4.78, 5) is 24.7. The van der Waals surface area contributed by atoms with Crippen molar-refractivity contribution in [2.45, 2.75) is 26.2 Å². The minimum atomic E-state index is -1.06. The number of nitrogens with zero attached hydrogens (tertiary/aromatic N) is 3. The van der Waals surface area contributed by atoms with Crippen molar-refractivity contribution in [1.29, 1.82) is 0 Å². The highest BCUT2D eigenvalue weighted by atomic mass is 32.1. The Balaban J connectivity index is 3.06. The molecular formula is C12H17N3O3S. The van der Waals surface area contributed by atoms with Crippen LogP contribution in [0.5, 0.6) is 0 Å². The third-order valence-electron chi connectivity index (χ3n) is 2.36. The molecule has 0 aliphatic rings. The van der Waals surface area contributed by atoms with E-state index < -0.39 is 5.97 Å². The first-order chi connectivity index (χ1) is 8.77. The first-order valence-electron chi connectivity index (χ1n) is 5.72. The maximum atomic E-state index is 12.3. The zero-order valence-corrected chi connectivity index (χ0v) is 12.0. The molecule has 0 fully saturated rings. The Morgan fingerprint density at radius 2 is 2.11 bits per heavy atom. The topological polar surface area (TPSA) is 83.4 Å². The molecule has 1 heterocycles. The number of carboxylic acid groups (broad SMARTS) is 1. The van der Waals surface area contributed by atoms with Crippen LogP contribution in [-0.2, 0) is 10.2 Å². The van der Waals surface area contributed by atoms with Crippen LogP contribution >= 0.6 is 11.5 Å². The van der Waals surface area contributed by atoms with E-state index in [4.69, 9.17) is 5.11 Å². The highest BCUT2D eigenvalue weighted by Crippen LogP contribution is 2.26. The normalized spacial score (nSPS) is 11.1. The van der Waals surface area contributed by atoms with Crippen LogP contribution in [0.1, 0.15) is 36.1 Å². The molecule has 0 atom stereocenters. The smallest absolute Gasteiger partial charge is 0.323 e. The first-order valence-corrected chi connectivity index (χ1v) is 6.49. The molecule has 6 nitrogen and oxygen atoms in total. The number of aromatic nitrogens is 2. The summed E-state index contributed by atoms with van der Waals surface area (Å²) in [6.07, 6.45) is 1.49. The van der Waals surface area contributed by atoms with Crippen LogP contribution in [0.4, 0.5) is 0 Å². The average Bonchev–Trinajstić information content (AvgIpc) is 2.75. The van der Waals surface area contributed by atoms with Crippen molar-refractivity contribution in [2.24, 2.45) is 0 Å². The number of carbonyl (C=O) groups excluding carboxylic acids is 1. The maximum Gasteiger partial charge on any atom is 0.323 e. The predicted molar refractivity (Wildman–Crippen MR) is 72.3 cm³/mol. The van der Waals surface area contributed by atoms with Gasteiger partial charge in [-0.1, -0.05) is 31.3 Å². The Kier molecular flexibility index (Phi) is 4.77. The van der Waals surface area contributed by atoms with Crippen LogP contribution in [0.2, 0.25) is 0 Å². The van der Waals surface area contributed by atoms with Gasteiger partial charge in [0.2, 0.25) is 0 Å². The lowest BCUT2D eigenvalue weighted by Gasteiger charge is -2.21. The molecule has 7 heteroatoms. The first kappa shape index (κ1) is 15.3. The zero-order valence-electron chi connectivity index (χ0n) is 11.2. The zero-order chi connectivity index (χ0) is 14.6. The molecule has 1 N–H and O–H groups in total. The standard InChI is InChI=1S/C12H17N3O3S/c1-5-6-15(7-8(16)17)11(18)9-10(12(2,3)4)13-14-19-9/h5H,1,6-7H2,2-4H3,(H,16,17). The highest BCUT2D eigenvalue weighted by Gasteiger charge is 2.29. The van der Waals surface area contributed by atoms with E-state index in [-0.39, 0.29) is 24.4 Å². The van der Waals surface area contributed by atoms with Gasteiger partial charge in [0.25, 0.3) is 5.91 Å². The van der Waals surface area contributed by atoms with Gasteiger partial charge in [0.15, 0.2) is 0 Å². The van der Waals surface area contributed by atoms with E-state index in [1.54, 1.807) is 0 Å². The van der Waals surface area contributed by atoms with E-state index in [1.807, 2.05) is 20.8 Å². The lowest BCUT2D eigenvalue weighted by molar-refractivity contribution is -0.137. The number of hydrogen-bond acceptors (Lipinski definition) is 5. The van der Waals surface area contributed by atoms with Crippen molar-refractivity contribution < 1.29 is 14.7 Å². The van der Waals surface area contributed by atoms with Crippen LogP contribution in [0.15, 0.2) is 12.7 Å². The fourth-order valence-electron chi connectivity index (χ4n) is 1.50. The Morgan fingerprint density at radius 1 is 1.47 bits per heavy atom. The third kappa shape index (κ3) is 3.85. The third-order valence-corrected chi connectivity index (χ3v) is 3.07. The van der Waals surface area contributed by atoms with Crippen LogP contribution in [0.25, 0.3) is 0 Å². The van der Waals surface area contributed by atoms with Crippen molar-refractivity contribution >= 4 is 23.4 Å². The lowest BCUT2D eigenvalue weighted by Crippen LogP contribution is -2.36. The van der Waals surface area contributed by atoms with E-state index in [0.717, 1.165) is 11.5 Å². The molecule has 0 aliphatic heterocycles. The van der Waals surface area contributed by atoms with Crippen molar-refractivity contribution in [1.82, 2.24) is 14.5 Å². The molecule has 19 heavy (non-hydrogen) atoms. The maximum absolute atomic E-state index is 12.3. The van der Waals surface area contributed by atoms with E-state index in [9.17, 15) is 9.59 Å². The van der Waals surface area contributed by atoms with E-state index >= 15 is 0 Å². The summed E-state index contributed by atoms with van der Waals surface area (Å²) in [5.41, 5.74) is 0.267. The summed E-state index contributed by atoms with van der Waals surface area (Å²) >= 11 is 0.986. The SMILES string of the molecule is C=CCN(CC(=O)O)C(=O)c1snnc1C(C)(C)C. The molecule has 0 saturated carbocycles. The van der Waals surface area contributed by atoms with Crippen molar-refractivity contribution in [2.75, 3.05) is 13.1 Å². The summed E-state index contributed by atoms with van der Waals surface area (Å²) in [6, 6.07) is 0. The molecule has 0 spiro atoms. The predicted octanol–water partition coefficient (Wildman–Crippen LogP) is 1.55. The van der Waals surface area contributed by atoms with Gasteiger partial charge in [-0.25, -0.2) is 0 Å². The van der Waals surface area contributed by atoms with Gasteiger partial charge in [-0.3, -0.25) is 9.59 Å². The molecule has 1 aromatic rings. The molecule has 1 rings (SSSR count). The molecule has 0 aromatic carbocycles. The molecule has 0 unspecified atom stereocenters. The monoisotopic (exact) mass is 283 g/mol. The highest BCUT2D eigenvalue weighted by molar-refractivity contribution is 7.08. The molecule has 0 aliphatic carbocycles. The Hall–Kier alpha value is -1.76. The van der Waals surface area contributed by atoms with Crippen LogP contribution in [0, 0.1) is 0 Å². The molecule has 0 radical (unpaired) electrons. The van der Waals surface area contributed by atoms with Crippen LogP contribution in [0.3, 0.4) is 0 Å². The summed E-state index contributed by atoms with van der Waals surface area (Å²) in [6.45, 7) is 9.11. The van der Waals surface area contributed by atoms with Crippen molar-refractivity contribution in [3.05, 3.63) is 23.2 Å². The van der Waals surface area contributed by atoms with Crippen LogP contribution in [-0.4, -0.2) is 44.6 Å². The van der Waals surface area contributed by atoms with Crippen LogP contribution < -0.4 is 0 Å². The van der Waals surface area contributed by atoms with Crippen molar-refractivity contribution in [3.63, 3.8) is 0 Å². The van der Waals surface area contributed by atoms with E-state index in [1.165, 1.54) is 11.0 Å². The largest absolute Gasteiger partial charge is 0.480 e. The van der Waals surface area contributed by atoms with Gasteiger partial charge in [-0.15, -0.1) is 11.7 Å². The van der Waals surface area contributed by atoms with Gasteiger partial charge in [0, 0.05) is 12.0 Å². The van der Waals surface area contributed by atoms with Gasteiger partial charge >= 0.3 is 5.97 Å². The van der Waals surface area contributed by atoms with Gasteiger partial charge < -0.3 is 10.0 Å². The minimum absolute atomic E-state index is 0.173. The minimum Gasteiger partial charge on any atom is -0.480 e. The summed E-state index contributed by atoms with van der Waals surface area (Å²) in [5.74, 6) is -1.44. The Morgan fingerprint density at radius 3 is 2.58 bits per heavy atom.